The molecule has 0 saturated heterocycles. The Kier molecular flexibility index (Phi) is 6.19. The third kappa shape index (κ3) is 4.78. The highest BCUT2D eigenvalue weighted by atomic mass is 32.2. The molecule has 1 heterocycles. The van der Waals surface area contributed by atoms with Crippen LogP contribution >= 0.6 is 11.8 Å². The molecule has 162 valence electrons. The molecule has 3 aromatic carbocycles. The molecular formula is C27H26N2O2S. The Bertz CT molecular complexity index is 1210. The molecule has 1 aromatic heterocycles. The first-order valence-corrected chi connectivity index (χ1v) is 11.4. The van der Waals surface area contributed by atoms with Crippen LogP contribution in [-0.4, -0.2) is 15.7 Å². The summed E-state index contributed by atoms with van der Waals surface area (Å²) in [5.74, 6) is 0.0749. The molecule has 4 rings (SSSR count). The third-order valence-corrected chi connectivity index (χ3v) is 6.16. The van der Waals surface area contributed by atoms with E-state index in [-0.39, 0.29) is 5.54 Å². The Labute approximate surface area is 193 Å². The summed E-state index contributed by atoms with van der Waals surface area (Å²) < 4.78 is 7.76. The van der Waals surface area contributed by atoms with Crippen LogP contribution in [0.2, 0.25) is 0 Å². The largest absolute Gasteiger partial charge is 0.403 e. The van der Waals surface area contributed by atoms with Crippen molar-refractivity contribution in [1.29, 1.82) is 0 Å². The standard InChI is InChI=1S/C27H26N2O2S/c1-19-24(32-23-13-9-6-10-14-23)25(29(28-19)27(2,3)4)31-26(30)22-17-15-21(16-18-22)20-11-7-5-8-12-20/h5-18H,1-4H3. The summed E-state index contributed by atoms with van der Waals surface area (Å²) in [6, 6.07) is 27.6. The molecule has 0 amide bonds. The Morgan fingerprint density at radius 3 is 2.00 bits per heavy atom. The Morgan fingerprint density at radius 1 is 0.844 bits per heavy atom. The van der Waals surface area contributed by atoms with E-state index >= 15 is 0 Å². The molecule has 0 aliphatic rings. The zero-order chi connectivity index (χ0) is 22.7. The van der Waals surface area contributed by atoms with E-state index in [4.69, 9.17) is 9.84 Å². The smallest absolute Gasteiger partial charge is 0.344 e. The maximum Gasteiger partial charge on any atom is 0.344 e. The summed E-state index contributed by atoms with van der Waals surface area (Å²) in [4.78, 5) is 15.0. The molecule has 0 spiro atoms. The molecular weight excluding hydrogens is 416 g/mol. The van der Waals surface area contributed by atoms with Crippen LogP contribution in [0.1, 0.15) is 36.8 Å². The van der Waals surface area contributed by atoms with Crippen LogP contribution < -0.4 is 4.74 Å². The molecule has 0 radical (unpaired) electrons. The number of rotatable bonds is 5. The van der Waals surface area contributed by atoms with Crippen molar-refractivity contribution in [3.8, 4) is 17.0 Å². The second-order valence-electron chi connectivity index (χ2n) is 8.55. The summed E-state index contributed by atoms with van der Waals surface area (Å²) in [6.45, 7) is 8.08. The van der Waals surface area contributed by atoms with E-state index in [1.165, 1.54) is 0 Å². The highest BCUT2D eigenvalue weighted by Crippen LogP contribution is 2.40. The fourth-order valence-electron chi connectivity index (χ4n) is 3.34. The van der Waals surface area contributed by atoms with Crippen molar-refractivity contribution in [2.75, 3.05) is 0 Å². The maximum absolute atomic E-state index is 13.1. The predicted octanol–water partition coefficient (Wildman–Crippen LogP) is 6.98. The molecule has 32 heavy (non-hydrogen) atoms. The van der Waals surface area contributed by atoms with Crippen molar-refractivity contribution in [3.63, 3.8) is 0 Å². The average molecular weight is 443 g/mol. The van der Waals surface area contributed by atoms with Crippen molar-refractivity contribution in [1.82, 2.24) is 9.78 Å². The van der Waals surface area contributed by atoms with Crippen LogP contribution in [0, 0.1) is 6.92 Å². The van der Waals surface area contributed by atoms with Crippen molar-refractivity contribution in [2.24, 2.45) is 0 Å². The molecule has 0 bridgehead atoms. The van der Waals surface area contributed by atoms with Crippen molar-refractivity contribution in [3.05, 3.63) is 96.2 Å². The average Bonchev–Trinajstić information content (AvgIpc) is 3.10. The quantitative estimate of drug-likeness (QED) is 0.313. The van der Waals surface area contributed by atoms with Crippen molar-refractivity contribution >= 4 is 17.7 Å². The van der Waals surface area contributed by atoms with E-state index in [0.717, 1.165) is 26.6 Å². The van der Waals surface area contributed by atoms with Gasteiger partial charge in [0.05, 0.1) is 21.7 Å². The highest BCUT2D eigenvalue weighted by molar-refractivity contribution is 7.99. The number of hydrogen-bond donors (Lipinski definition) is 0. The summed E-state index contributed by atoms with van der Waals surface area (Å²) in [7, 11) is 0. The number of hydrogen-bond acceptors (Lipinski definition) is 4. The third-order valence-electron chi connectivity index (χ3n) is 4.98. The summed E-state index contributed by atoms with van der Waals surface area (Å²) in [5, 5.41) is 4.70. The van der Waals surface area contributed by atoms with E-state index in [1.807, 2.05) is 100 Å². The van der Waals surface area contributed by atoms with Crippen LogP contribution in [0.15, 0.2) is 94.7 Å². The summed E-state index contributed by atoms with van der Waals surface area (Å²) >= 11 is 1.55. The van der Waals surface area contributed by atoms with E-state index in [9.17, 15) is 4.79 Å². The molecule has 0 saturated carbocycles. The van der Waals surface area contributed by atoms with Crippen molar-refractivity contribution in [2.45, 2.75) is 43.0 Å². The second-order valence-corrected chi connectivity index (χ2v) is 9.63. The lowest BCUT2D eigenvalue weighted by Gasteiger charge is -2.22. The van der Waals surface area contributed by atoms with Gasteiger partial charge in [0.25, 0.3) is 0 Å². The number of aromatic nitrogens is 2. The lowest BCUT2D eigenvalue weighted by molar-refractivity contribution is 0.0704. The van der Waals surface area contributed by atoms with Gasteiger partial charge in [-0.2, -0.15) is 5.10 Å². The Hall–Kier alpha value is -3.31. The van der Waals surface area contributed by atoms with Crippen LogP contribution in [0.25, 0.3) is 11.1 Å². The second kappa shape index (κ2) is 9.05. The zero-order valence-corrected chi connectivity index (χ0v) is 19.5. The number of carbonyl (C=O) groups excluding carboxylic acids is 1. The molecule has 5 heteroatoms. The summed E-state index contributed by atoms with van der Waals surface area (Å²) in [6.07, 6.45) is 0. The minimum atomic E-state index is -0.398. The van der Waals surface area contributed by atoms with Gasteiger partial charge in [0.1, 0.15) is 0 Å². The molecule has 0 N–H and O–H groups in total. The number of ether oxygens (including phenoxy) is 1. The van der Waals surface area contributed by atoms with Gasteiger partial charge in [-0.1, -0.05) is 72.4 Å². The van der Waals surface area contributed by atoms with Gasteiger partial charge in [0.2, 0.25) is 5.88 Å². The van der Waals surface area contributed by atoms with E-state index < -0.39 is 5.97 Å². The fraction of sp³-hybridized carbons (Fsp3) is 0.185. The van der Waals surface area contributed by atoms with Crippen LogP contribution in [0.4, 0.5) is 0 Å². The predicted molar refractivity (Wildman–Crippen MR) is 129 cm³/mol. The number of benzene rings is 3. The molecule has 0 atom stereocenters. The Balaban J connectivity index is 1.64. The normalized spacial score (nSPS) is 11.4. The van der Waals surface area contributed by atoms with Gasteiger partial charge in [-0.3, -0.25) is 0 Å². The van der Waals surface area contributed by atoms with Gasteiger partial charge in [-0.15, -0.1) is 0 Å². The Morgan fingerprint density at radius 2 is 1.41 bits per heavy atom. The van der Waals surface area contributed by atoms with Gasteiger partial charge >= 0.3 is 5.97 Å². The van der Waals surface area contributed by atoms with E-state index in [0.29, 0.717) is 11.4 Å². The lowest BCUT2D eigenvalue weighted by Crippen LogP contribution is -2.25. The van der Waals surface area contributed by atoms with Gasteiger partial charge in [0.15, 0.2) is 0 Å². The van der Waals surface area contributed by atoms with Gasteiger partial charge in [-0.05, 0) is 63.1 Å². The maximum atomic E-state index is 13.1. The molecule has 0 fully saturated rings. The molecule has 0 unspecified atom stereocenters. The first kappa shape index (κ1) is 21.9. The fourth-order valence-corrected chi connectivity index (χ4v) is 4.27. The minimum Gasteiger partial charge on any atom is -0.403 e. The highest BCUT2D eigenvalue weighted by Gasteiger charge is 2.27. The topological polar surface area (TPSA) is 44.1 Å². The monoisotopic (exact) mass is 442 g/mol. The van der Waals surface area contributed by atoms with E-state index in [1.54, 1.807) is 28.6 Å². The number of esters is 1. The van der Waals surface area contributed by atoms with Gasteiger partial charge < -0.3 is 4.74 Å². The molecule has 4 aromatic rings. The van der Waals surface area contributed by atoms with E-state index in [2.05, 4.69) is 0 Å². The number of aryl methyl sites for hydroxylation is 1. The van der Waals surface area contributed by atoms with Gasteiger partial charge in [0, 0.05) is 4.90 Å². The van der Waals surface area contributed by atoms with Crippen LogP contribution in [0.5, 0.6) is 5.88 Å². The lowest BCUT2D eigenvalue weighted by atomic mass is 10.0. The zero-order valence-electron chi connectivity index (χ0n) is 18.7. The first-order chi connectivity index (χ1) is 15.3. The molecule has 0 aliphatic carbocycles. The molecule has 4 nitrogen and oxygen atoms in total. The molecule has 0 aliphatic heterocycles. The number of carbonyl (C=O) groups is 1. The summed E-state index contributed by atoms with van der Waals surface area (Å²) in [5.41, 5.74) is 3.15. The number of nitrogens with zero attached hydrogens (tertiary/aromatic N) is 2. The van der Waals surface area contributed by atoms with Crippen molar-refractivity contribution < 1.29 is 9.53 Å². The van der Waals surface area contributed by atoms with Crippen LogP contribution in [0.3, 0.4) is 0 Å². The SMILES string of the molecule is Cc1nn(C(C)(C)C)c(OC(=O)c2ccc(-c3ccccc3)cc2)c1Sc1ccccc1. The first-order valence-electron chi connectivity index (χ1n) is 10.5. The van der Waals surface area contributed by atoms with Gasteiger partial charge in [-0.25, -0.2) is 9.48 Å². The van der Waals surface area contributed by atoms with Crippen LogP contribution in [-0.2, 0) is 5.54 Å². The minimum absolute atomic E-state index is 0.340.